The molecule has 4 heteroatoms. The molecule has 0 aliphatic carbocycles. The lowest BCUT2D eigenvalue weighted by molar-refractivity contribution is -0.196. The maximum Gasteiger partial charge on any atom is 0.329 e. The van der Waals surface area contributed by atoms with Crippen molar-refractivity contribution in [3.8, 4) is 0 Å². The molecule has 1 amide bonds. The van der Waals surface area contributed by atoms with Crippen molar-refractivity contribution < 1.29 is 14.4 Å². The Morgan fingerprint density at radius 1 is 1.73 bits per heavy atom. The Balaban J connectivity index is 2.42. The fourth-order valence-electron chi connectivity index (χ4n) is 0.918. The molecular formula is C7H10NO3. The molecule has 0 aromatic carbocycles. The van der Waals surface area contributed by atoms with Gasteiger partial charge in [0.2, 0.25) is 0 Å². The van der Waals surface area contributed by atoms with Gasteiger partial charge >= 0.3 is 5.97 Å². The van der Waals surface area contributed by atoms with E-state index in [9.17, 15) is 9.59 Å². The first-order chi connectivity index (χ1) is 5.20. The molecule has 0 aromatic rings. The van der Waals surface area contributed by atoms with Gasteiger partial charge in [-0.15, -0.1) is 0 Å². The Kier molecular flexibility index (Phi) is 2.46. The van der Waals surface area contributed by atoms with Gasteiger partial charge in [0.25, 0.3) is 5.91 Å². The summed E-state index contributed by atoms with van der Waals surface area (Å²) in [6.07, 6.45) is 3.15. The van der Waals surface area contributed by atoms with Crippen LogP contribution in [-0.2, 0) is 14.4 Å². The number of amides is 1. The molecule has 61 valence electrons. The highest BCUT2D eigenvalue weighted by Gasteiger charge is 2.20. The largest absolute Gasteiger partial charge is 0.338 e. The van der Waals surface area contributed by atoms with Gasteiger partial charge in [0.05, 0.1) is 13.0 Å². The summed E-state index contributed by atoms with van der Waals surface area (Å²) in [7, 11) is 0. The number of rotatable bonds is 1. The molecule has 4 nitrogen and oxygen atoms in total. The van der Waals surface area contributed by atoms with Gasteiger partial charge < -0.3 is 4.84 Å². The summed E-state index contributed by atoms with van der Waals surface area (Å²) in [6, 6.07) is 0. The van der Waals surface area contributed by atoms with E-state index in [4.69, 9.17) is 0 Å². The van der Waals surface area contributed by atoms with Crippen molar-refractivity contribution in [2.75, 3.05) is 6.54 Å². The van der Waals surface area contributed by atoms with Crippen molar-refractivity contribution in [1.29, 1.82) is 0 Å². The van der Waals surface area contributed by atoms with Crippen LogP contribution in [0.2, 0.25) is 0 Å². The van der Waals surface area contributed by atoms with E-state index in [0.29, 0.717) is 6.54 Å². The molecule has 0 spiro atoms. The number of piperidine rings is 1. The second-order valence-corrected chi connectivity index (χ2v) is 2.37. The van der Waals surface area contributed by atoms with Crippen LogP contribution in [0, 0.1) is 6.42 Å². The third-order valence-corrected chi connectivity index (χ3v) is 1.37. The number of carbonyl (C=O) groups excluding carboxylic acids is 2. The monoisotopic (exact) mass is 156 g/mol. The second-order valence-electron chi connectivity index (χ2n) is 2.37. The van der Waals surface area contributed by atoms with Crippen molar-refractivity contribution in [2.24, 2.45) is 0 Å². The smallest absolute Gasteiger partial charge is 0.329 e. The molecule has 1 rings (SSSR count). The number of hydrogen-bond donors (Lipinski definition) is 0. The van der Waals surface area contributed by atoms with Crippen LogP contribution in [0.4, 0.5) is 0 Å². The lowest BCUT2D eigenvalue weighted by atomic mass is 10.2. The van der Waals surface area contributed by atoms with Crippen molar-refractivity contribution in [1.82, 2.24) is 5.06 Å². The van der Waals surface area contributed by atoms with Gasteiger partial charge in [0.15, 0.2) is 0 Å². The highest BCUT2D eigenvalue weighted by atomic mass is 16.7. The summed E-state index contributed by atoms with van der Waals surface area (Å²) in [5.74, 6) is -0.667. The molecule has 0 N–H and O–H groups in total. The van der Waals surface area contributed by atoms with Crippen LogP contribution in [0.5, 0.6) is 0 Å². The fraction of sp³-hybridized carbons (Fsp3) is 0.571. The number of hydrogen-bond acceptors (Lipinski definition) is 3. The molecule has 0 bridgehead atoms. The van der Waals surface area contributed by atoms with Crippen molar-refractivity contribution in [3.63, 3.8) is 0 Å². The van der Waals surface area contributed by atoms with Gasteiger partial charge in [-0.25, -0.2) is 0 Å². The van der Waals surface area contributed by atoms with E-state index in [0.717, 1.165) is 17.9 Å². The average molecular weight is 156 g/mol. The van der Waals surface area contributed by atoms with Crippen LogP contribution in [0.1, 0.15) is 19.8 Å². The molecule has 1 fully saturated rings. The summed E-state index contributed by atoms with van der Waals surface area (Å²) in [5.41, 5.74) is 0. The summed E-state index contributed by atoms with van der Waals surface area (Å²) in [4.78, 5) is 26.0. The molecule has 11 heavy (non-hydrogen) atoms. The van der Waals surface area contributed by atoms with Gasteiger partial charge in [0, 0.05) is 6.92 Å². The molecule has 1 radical (unpaired) electrons. The summed E-state index contributed by atoms with van der Waals surface area (Å²) < 4.78 is 0. The fourth-order valence-corrected chi connectivity index (χ4v) is 0.918. The Labute approximate surface area is 65.1 Å². The summed E-state index contributed by atoms with van der Waals surface area (Å²) in [6.45, 7) is 1.79. The Morgan fingerprint density at radius 3 is 3.00 bits per heavy atom. The van der Waals surface area contributed by atoms with Gasteiger partial charge in [-0.3, -0.25) is 9.59 Å². The maximum absolute atomic E-state index is 10.9. The van der Waals surface area contributed by atoms with Gasteiger partial charge in [-0.2, -0.15) is 5.06 Å². The van der Waals surface area contributed by atoms with Crippen LogP contribution in [-0.4, -0.2) is 23.5 Å². The van der Waals surface area contributed by atoms with Crippen molar-refractivity contribution in [3.05, 3.63) is 6.42 Å². The van der Waals surface area contributed by atoms with Crippen molar-refractivity contribution in [2.45, 2.75) is 19.8 Å². The SMILES string of the molecule is CC(=O)ON1CCC[CH]C1=O. The first-order valence-corrected chi connectivity index (χ1v) is 3.53. The van der Waals surface area contributed by atoms with Gasteiger partial charge in [-0.1, -0.05) is 0 Å². The summed E-state index contributed by atoms with van der Waals surface area (Å²) >= 11 is 0. The minimum Gasteiger partial charge on any atom is -0.338 e. The first kappa shape index (κ1) is 8.04. The molecule has 1 aliphatic heterocycles. The molecule has 0 saturated carbocycles. The quantitative estimate of drug-likeness (QED) is 0.548. The minimum absolute atomic E-state index is 0.216. The normalized spacial score (nSPS) is 18.3. The average Bonchev–Trinajstić information content (AvgIpc) is 1.93. The molecule has 0 unspecified atom stereocenters. The highest BCUT2D eigenvalue weighted by Crippen LogP contribution is 2.09. The van der Waals surface area contributed by atoms with E-state index in [1.165, 1.54) is 13.3 Å². The molecule has 1 aliphatic rings. The lowest BCUT2D eigenvalue weighted by Crippen LogP contribution is -2.36. The third-order valence-electron chi connectivity index (χ3n) is 1.37. The van der Waals surface area contributed by atoms with E-state index < -0.39 is 5.97 Å². The van der Waals surface area contributed by atoms with E-state index in [1.807, 2.05) is 0 Å². The molecule has 1 saturated heterocycles. The highest BCUT2D eigenvalue weighted by molar-refractivity contribution is 5.85. The summed E-state index contributed by atoms with van der Waals surface area (Å²) in [5, 5.41) is 1.09. The van der Waals surface area contributed by atoms with Gasteiger partial charge in [-0.05, 0) is 12.8 Å². The van der Waals surface area contributed by atoms with Gasteiger partial charge in [0.1, 0.15) is 0 Å². The molecule has 1 heterocycles. The van der Waals surface area contributed by atoms with Crippen LogP contribution >= 0.6 is 0 Å². The maximum atomic E-state index is 10.9. The van der Waals surface area contributed by atoms with E-state index >= 15 is 0 Å². The van der Waals surface area contributed by atoms with E-state index in [2.05, 4.69) is 4.84 Å². The zero-order valence-corrected chi connectivity index (χ0v) is 6.37. The Bertz CT molecular complexity index is 179. The van der Waals surface area contributed by atoms with Crippen LogP contribution in [0.3, 0.4) is 0 Å². The predicted molar refractivity (Wildman–Crippen MR) is 37.0 cm³/mol. The molecule has 0 aromatic heterocycles. The zero-order chi connectivity index (χ0) is 8.27. The van der Waals surface area contributed by atoms with Crippen LogP contribution < -0.4 is 0 Å². The lowest BCUT2D eigenvalue weighted by Gasteiger charge is -2.23. The first-order valence-electron chi connectivity index (χ1n) is 3.53. The number of hydroxylamine groups is 2. The Morgan fingerprint density at radius 2 is 2.45 bits per heavy atom. The topological polar surface area (TPSA) is 46.6 Å². The Hall–Kier alpha value is -1.06. The van der Waals surface area contributed by atoms with Crippen LogP contribution in [0.25, 0.3) is 0 Å². The van der Waals surface area contributed by atoms with E-state index in [-0.39, 0.29) is 5.91 Å². The minimum atomic E-state index is -0.450. The molecular weight excluding hydrogens is 146 g/mol. The second kappa shape index (κ2) is 3.37. The predicted octanol–water partition coefficient (Wildman–Crippen LogP) is 0.291. The zero-order valence-electron chi connectivity index (χ0n) is 6.37. The standard InChI is InChI=1S/C7H10NO3/c1-6(9)11-8-5-3-2-4-7(8)10/h4H,2-3,5H2,1H3. The van der Waals surface area contributed by atoms with Crippen LogP contribution in [0.15, 0.2) is 0 Å². The number of nitrogens with zero attached hydrogens (tertiary/aromatic N) is 1. The third kappa shape index (κ3) is 2.22. The number of carbonyl (C=O) groups is 2. The van der Waals surface area contributed by atoms with Crippen molar-refractivity contribution >= 4 is 11.9 Å². The van der Waals surface area contributed by atoms with E-state index in [1.54, 1.807) is 0 Å². The molecule has 0 atom stereocenters.